The summed E-state index contributed by atoms with van der Waals surface area (Å²) in [4.78, 5) is 2.50. The van der Waals surface area contributed by atoms with Crippen LogP contribution in [0.25, 0.3) is 0 Å². The smallest absolute Gasteiger partial charge is 0.163 e. The van der Waals surface area contributed by atoms with Crippen molar-refractivity contribution >= 4 is 0 Å². The summed E-state index contributed by atoms with van der Waals surface area (Å²) in [5.74, 6) is -0.651. The van der Waals surface area contributed by atoms with Gasteiger partial charge in [-0.05, 0) is 64.3 Å². The average molecular weight is 296 g/mol. The van der Waals surface area contributed by atoms with E-state index in [-0.39, 0.29) is 6.04 Å². The highest BCUT2D eigenvalue weighted by molar-refractivity contribution is 5.21. The van der Waals surface area contributed by atoms with Crippen LogP contribution < -0.4 is 5.32 Å². The van der Waals surface area contributed by atoms with Crippen LogP contribution in [0.4, 0.5) is 8.78 Å². The molecule has 4 heteroatoms. The molecular formula is C17H26F2N2. The van der Waals surface area contributed by atoms with Crippen molar-refractivity contribution in [3.63, 3.8) is 0 Å². The molecule has 1 heterocycles. The SMILES string of the molecule is CC1CCN(CCCNC(C)c2cccc(F)c2F)CC1. The van der Waals surface area contributed by atoms with Gasteiger partial charge in [-0.15, -0.1) is 0 Å². The Balaban J connectivity index is 1.70. The maximum Gasteiger partial charge on any atom is 0.163 e. The third-order valence-electron chi connectivity index (χ3n) is 4.43. The van der Waals surface area contributed by atoms with Gasteiger partial charge in [-0.2, -0.15) is 0 Å². The molecule has 0 aliphatic carbocycles. The molecule has 1 aliphatic rings. The molecule has 1 unspecified atom stereocenters. The van der Waals surface area contributed by atoms with Crippen molar-refractivity contribution in [2.45, 2.75) is 39.2 Å². The van der Waals surface area contributed by atoms with E-state index in [1.807, 2.05) is 6.92 Å². The summed E-state index contributed by atoms with van der Waals surface area (Å²) in [5, 5.41) is 3.28. The van der Waals surface area contributed by atoms with E-state index < -0.39 is 11.6 Å². The molecule has 1 aromatic carbocycles. The Morgan fingerprint density at radius 1 is 1.29 bits per heavy atom. The highest BCUT2D eigenvalue weighted by atomic mass is 19.2. The van der Waals surface area contributed by atoms with Crippen molar-refractivity contribution in [1.82, 2.24) is 10.2 Å². The minimum absolute atomic E-state index is 0.165. The van der Waals surface area contributed by atoms with Crippen molar-refractivity contribution < 1.29 is 8.78 Å². The number of halogens is 2. The van der Waals surface area contributed by atoms with Gasteiger partial charge in [0.2, 0.25) is 0 Å². The summed E-state index contributed by atoms with van der Waals surface area (Å²) in [6.07, 6.45) is 3.62. The lowest BCUT2D eigenvalue weighted by Gasteiger charge is -2.30. The first-order valence-electron chi connectivity index (χ1n) is 7.97. The van der Waals surface area contributed by atoms with Crippen LogP contribution in [-0.4, -0.2) is 31.1 Å². The van der Waals surface area contributed by atoms with E-state index in [1.54, 1.807) is 12.1 Å². The fourth-order valence-corrected chi connectivity index (χ4v) is 2.87. The second-order valence-electron chi connectivity index (χ2n) is 6.20. The Labute approximate surface area is 126 Å². The van der Waals surface area contributed by atoms with Crippen LogP contribution in [0.1, 0.15) is 44.7 Å². The lowest BCUT2D eigenvalue weighted by atomic mass is 9.99. The zero-order valence-corrected chi connectivity index (χ0v) is 13.0. The maximum atomic E-state index is 13.7. The number of piperidine rings is 1. The standard InChI is InChI=1S/C17H26F2N2/c1-13-7-11-21(12-8-13)10-4-9-20-14(2)15-5-3-6-16(18)17(15)19/h3,5-6,13-14,20H,4,7-12H2,1-2H3. The quantitative estimate of drug-likeness (QED) is 0.805. The Bertz CT molecular complexity index is 442. The minimum Gasteiger partial charge on any atom is -0.310 e. The molecule has 0 bridgehead atoms. The molecule has 0 radical (unpaired) electrons. The first-order chi connectivity index (χ1) is 10.1. The van der Waals surface area contributed by atoms with Gasteiger partial charge in [0.25, 0.3) is 0 Å². The largest absolute Gasteiger partial charge is 0.310 e. The van der Waals surface area contributed by atoms with Gasteiger partial charge in [0.1, 0.15) is 0 Å². The number of rotatable bonds is 6. The first-order valence-corrected chi connectivity index (χ1v) is 7.97. The van der Waals surface area contributed by atoms with E-state index in [0.29, 0.717) is 5.56 Å². The van der Waals surface area contributed by atoms with E-state index in [4.69, 9.17) is 0 Å². The highest BCUT2D eigenvalue weighted by Gasteiger charge is 2.16. The lowest BCUT2D eigenvalue weighted by Crippen LogP contribution is -2.35. The Hall–Kier alpha value is -1.00. The molecule has 21 heavy (non-hydrogen) atoms. The summed E-state index contributed by atoms with van der Waals surface area (Å²) < 4.78 is 26.9. The molecule has 1 aliphatic heterocycles. The van der Waals surface area contributed by atoms with Crippen LogP contribution in [0.5, 0.6) is 0 Å². The number of likely N-dealkylation sites (tertiary alicyclic amines) is 1. The molecule has 118 valence electrons. The Kier molecular flexibility index (Phi) is 6.12. The van der Waals surface area contributed by atoms with Crippen LogP contribution in [0, 0.1) is 17.6 Å². The van der Waals surface area contributed by atoms with Crippen LogP contribution in [-0.2, 0) is 0 Å². The molecule has 1 N–H and O–H groups in total. The third-order valence-corrected chi connectivity index (χ3v) is 4.43. The molecule has 1 aromatic rings. The number of hydrogen-bond acceptors (Lipinski definition) is 2. The topological polar surface area (TPSA) is 15.3 Å². The van der Waals surface area contributed by atoms with E-state index in [1.165, 1.54) is 25.9 Å². The van der Waals surface area contributed by atoms with Gasteiger partial charge in [-0.3, -0.25) is 0 Å². The lowest BCUT2D eigenvalue weighted by molar-refractivity contribution is 0.190. The van der Waals surface area contributed by atoms with Gasteiger partial charge in [0.05, 0.1) is 0 Å². The second kappa shape index (κ2) is 7.85. The van der Waals surface area contributed by atoms with Gasteiger partial charge in [-0.1, -0.05) is 19.1 Å². The fourth-order valence-electron chi connectivity index (χ4n) is 2.87. The summed E-state index contributed by atoms with van der Waals surface area (Å²) in [6, 6.07) is 4.19. The average Bonchev–Trinajstić information content (AvgIpc) is 2.48. The minimum atomic E-state index is -0.774. The number of hydrogen-bond donors (Lipinski definition) is 1. The zero-order valence-electron chi connectivity index (χ0n) is 13.0. The molecule has 0 aromatic heterocycles. The summed E-state index contributed by atoms with van der Waals surface area (Å²) in [7, 11) is 0. The van der Waals surface area contributed by atoms with Crippen LogP contribution in [0.15, 0.2) is 18.2 Å². The molecule has 2 nitrogen and oxygen atoms in total. The maximum absolute atomic E-state index is 13.7. The fraction of sp³-hybridized carbons (Fsp3) is 0.647. The van der Waals surface area contributed by atoms with Crippen LogP contribution in [0.2, 0.25) is 0 Å². The van der Waals surface area contributed by atoms with E-state index in [9.17, 15) is 8.78 Å². The van der Waals surface area contributed by atoms with Crippen molar-refractivity contribution in [1.29, 1.82) is 0 Å². The predicted molar refractivity (Wildman–Crippen MR) is 82.2 cm³/mol. The first kappa shape index (κ1) is 16.4. The molecule has 0 amide bonds. The highest BCUT2D eigenvalue weighted by Crippen LogP contribution is 2.19. The van der Waals surface area contributed by atoms with Crippen molar-refractivity contribution in [2.24, 2.45) is 5.92 Å². The van der Waals surface area contributed by atoms with Gasteiger partial charge >= 0.3 is 0 Å². The van der Waals surface area contributed by atoms with Gasteiger partial charge in [-0.25, -0.2) is 8.78 Å². The van der Waals surface area contributed by atoms with Crippen LogP contribution in [0.3, 0.4) is 0 Å². The Morgan fingerprint density at radius 3 is 2.71 bits per heavy atom. The van der Waals surface area contributed by atoms with E-state index in [0.717, 1.165) is 31.5 Å². The van der Waals surface area contributed by atoms with Crippen LogP contribution >= 0.6 is 0 Å². The van der Waals surface area contributed by atoms with Crippen molar-refractivity contribution in [2.75, 3.05) is 26.2 Å². The number of nitrogens with one attached hydrogen (secondary N) is 1. The number of nitrogens with zero attached hydrogens (tertiary/aromatic N) is 1. The molecule has 1 saturated heterocycles. The third kappa shape index (κ3) is 4.75. The second-order valence-corrected chi connectivity index (χ2v) is 6.20. The predicted octanol–water partition coefficient (Wildman–Crippen LogP) is 3.74. The molecule has 1 fully saturated rings. The van der Waals surface area contributed by atoms with E-state index >= 15 is 0 Å². The molecule has 0 spiro atoms. The van der Waals surface area contributed by atoms with E-state index in [2.05, 4.69) is 17.1 Å². The Morgan fingerprint density at radius 2 is 2.00 bits per heavy atom. The van der Waals surface area contributed by atoms with Gasteiger partial charge in [0.15, 0.2) is 11.6 Å². The molecular weight excluding hydrogens is 270 g/mol. The summed E-state index contributed by atoms with van der Waals surface area (Å²) in [5.41, 5.74) is 0.404. The van der Waals surface area contributed by atoms with Crippen molar-refractivity contribution in [3.8, 4) is 0 Å². The summed E-state index contributed by atoms with van der Waals surface area (Å²) >= 11 is 0. The summed E-state index contributed by atoms with van der Waals surface area (Å²) in [6.45, 7) is 8.47. The zero-order chi connectivity index (χ0) is 15.2. The van der Waals surface area contributed by atoms with Crippen molar-refractivity contribution in [3.05, 3.63) is 35.4 Å². The molecule has 2 rings (SSSR count). The molecule has 1 atom stereocenters. The monoisotopic (exact) mass is 296 g/mol. The normalized spacial score (nSPS) is 18.9. The van der Waals surface area contributed by atoms with Gasteiger partial charge < -0.3 is 10.2 Å². The molecule has 0 saturated carbocycles. The number of benzene rings is 1. The van der Waals surface area contributed by atoms with Gasteiger partial charge in [0, 0.05) is 11.6 Å².